The van der Waals surface area contributed by atoms with E-state index >= 15 is 4.39 Å². The third-order valence-electron chi connectivity index (χ3n) is 8.40. The second-order valence-corrected chi connectivity index (χ2v) is 9.24. The Morgan fingerprint density at radius 2 is 2.00 bits per heavy atom. The van der Waals surface area contributed by atoms with Crippen LogP contribution in [0, 0.1) is 22.7 Å². The highest BCUT2D eigenvalue weighted by atomic mass is 19.1. The number of carbonyl (C=O) groups is 2. The molecule has 7 atom stereocenters. The molecule has 0 heterocycles. The zero-order valence-corrected chi connectivity index (χ0v) is 15.7. The van der Waals surface area contributed by atoms with Gasteiger partial charge in [-0.3, -0.25) is 9.59 Å². The van der Waals surface area contributed by atoms with Crippen LogP contribution in [0.15, 0.2) is 23.8 Å². The lowest BCUT2D eigenvalue weighted by Gasteiger charge is -2.62. The highest BCUT2D eigenvalue weighted by Gasteiger charge is 2.73. The van der Waals surface area contributed by atoms with Gasteiger partial charge in [-0.1, -0.05) is 18.6 Å². The second kappa shape index (κ2) is 5.58. The van der Waals surface area contributed by atoms with E-state index in [4.69, 9.17) is 0 Å². The van der Waals surface area contributed by atoms with Crippen LogP contribution in [0.25, 0.3) is 0 Å². The minimum Gasteiger partial charge on any atom is -0.390 e. The van der Waals surface area contributed by atoms with Crippen molar-refractivity contribution in [2.24, 2.45) is 22.7 Å². The van der Waals surface area contributed by atoms with Crippen molar-refractivity contribution in [3.63, 3.8) is 0 Å². The fourth-order valence-corrected chi connectivity index (χ4v) is 6.80. The van der Waals surface area contributed by atoms with Crippen LogP contribution >= 0.6 is 0 Å². The largest absolute Gasteiger partial charge is 0.390 e. The van der Waals surface area contributed by atoms with E-state index in [1.807, 2.05) is 0 Å². The Morgan fingerprint density at radius 3 is 2.67 bits per heavy atom. The Balaban J connectivity index is 1.81. The number of fused-ring (bicyclic) bond motifs is 5. The zero-order valence-electron chi connectivity index (χ0n) is 15.7. The fourth-order valence-electron chi connectivity index (χ4n) is 6.80. The third kappa shape index (κ3) is 2.04. The molecule has 3 saturated carbocycles. The smallest absolute Gasteiger partial charge is 0.190 e. The van der Waals surface area contributed by atoms with Crippen LogP contribution in [-0.2, 0) is 9.59 Å². The summed E-state index contributed by atoms with van der Waals surface area (Å²) in [5.41, 5.74) is -5.07. The maximum absolute atomic E-state index is 16.7. The van der Waals surface area contributed by atoms with Crippen molar-refractivity contribution in [3.05, 3.63) is 23.8 Å². The van der Waals surface area contributed by atoms with Crippen LogP contribution in [-0.4, -0.2) is 50.9 Å². The van der Waals surface area contributed by atoms with Gasteiger partial charge in [0.1, 0.15) is 12.2 Å². The normalized spacial score (nSPS) is 51.3. The summed E-state index contributed by atoms with van der Waals surface area (Å²) in [5, 5.41) is 31.5. The second-order valence-electron chi connectivity index (χ2n) is 9.24. The maximum Gasteiger partial charge on any atom is 0.190 e. The predicted molar refractivity (Wildman–Crippen MR) is 95.4 cm³/mol. The number of hydrogen-bond acceptors (Lipinski definition) is 5. The average Bonchev–Trinajstić information content (AvgIpc) is 2.88. The van der Waals surface area contributed by atoms with Gasteiger partial charge in [0.2, 0.25) is 0 Å². The van der Waals surface area contributed by atoms with E-state index in [0.717, 1.165) is 0 Å². The molecule has 3 N–H and O–H groups in total. The molecule has 4 aliphatic rings. The molecule has 0 aromatic carbocycles. The average molecular weight is 378 g/mol. The SMILES string of the molecule is C[C@]12C=CC(=O)C=C1CC[C@H]1[C@@H]3CC[C@](O)(C(=O)CO)[C@@]3(C)C[C@H](O)C12F. The van der Waals surface area contributed by atoms with Crippen molar-refractivity contribution in [3.8, 4) is 0 Å². The molecular formula is C21H27FO5. The van der Waals surface area contributed by atoms with Gasteiger partial charge in [-0.15, -0.1) is 0 Å². The van der Waals surface area contributed by atoms with Crippen molar-refractivity contribution >= 4 is 11.6 Å². The highest BCUT2D eigenvalue weighted by Crippen LogP contribution is 2.69. The first-order valence-corrected chi connectivity index (χ1v) is 9.72. The molecule has 0 bridgehead atoms. The van der Waals surface area contributed by atoms with E-state index in [-0.39, 0.29) is 24.5 Å². The minimum atomic E-state index is -1.97. The first-order valence-electron chi connectivity index (χ1n) is 9.72. The summed E-state index contributed by atoms with van der Waals surface area (Å²) in [6.07, 6.45) is 4.65. The summed E-state index contributed by atoms with van der Waals surface area (Å²) in [4.78, 5) is 24.1. The van der Waals surface area contributed by atoms with E-state index < -0.39 is 46.5 Å². The first kappa shape index (κ1) is 19.0. The van der Waals surface area contributed by atoms with Crippen LogP contribution < -0.4 is 0 Å². The summed E-state index contributed by atoms with van der Waals surface area (Å²) in [5.74, 6) is -1.64. The third-order valence-corrected chi connectivity index (χ3v) is 8.40. The number of alkyl halides is 1. The van der Waals surface area contributed by atoms with E-state index in [0.29, 0.717) is 24.8 Å². The van der Waals surface area contributed by atoms with Crippen LogP contribution in [0.4, 0.5) is 4.39 Å². The summed E-state index contributed by atoms with van der Waals surface area (Å²) >= 11 is 0. The Kier molecular flexibility index (Phi) is 3.92. The lowest BCUT2D eigenvalue weighted by molar-refractivity contribution is -0.217. The lowest BCUT2D eigenvalue weighted by Crippen LogP contribution is -2.69. The monoisotopic (exact) mass is 378 g/mol. The summed E-state index contributed by atoms with van der Waals surface area (Å²) < 4.78 is 16.7. The molecule has 0 aromatic rings. The predicted octanol–water partition coefficient (Wildman–Crippen LogP) is 1.65. The van der Waals surface area contributed by atoms with Crippen LogP contribution in [0.1, 0.15) is 46.0 Å². The highest BCUT2D eigenvalue weighted by molar-refractivity contribution is 6.01. The van der Waals surface area contributed by atoms with Crippen molar-refractivity contribution in [1.82, 2.24) is 0 Å². The van der Waals surface area contributed by atoms with Gasteiger partial charge in [0.25, 0.3) is 0 Å². The van der Waals surface area contributed by atoms with Gasteiger partial charge >= 0.3 is 0 Å². The number of aliphatic hydroxyl groups excluding tert-OH is 2. The standard InChI is InChI=1S/C21H27FO5/c1-18-7-5-13(24)9-12(18)3-4-15-14-6-8-20(27,17(26)11-23)19(14,2)10-16(25)21(15,18)22/h5,7,9,14-16,23,25,27H,3-4,6,8,10-11H2,1-2H3/t14-,15-,16-,18-,19-,20-,21?/m0/s1. The van der Waals surface area contributed by atoms with Crippen LogP contribution in [0.5, 0.6) is 0 Å². The van der Waals surface area contributed by atoms with Gasteiger partial charge in [-0.25, -0.2) is 4.39 Å². The number of ketones is 2. The van der Waals surface area contributed by atoms with Crippen molar-refractivity contribution in [2.45, 2.75) is 63.3 Å². The van der Waals surface area contributed by atoms with E-state index in [1.165, 1.54) is 12.2 Å². The van der Waals surface area contributed by atoms with Crippen molar-refractivity contribution in [2.75, 3.05) is 6.61 Å². The van der Waals surface area contributed by atoms with Crippen LogP contribution in [0.3, 0.4) is 0 Å². The molecule has 148 valence electrons. The summed E-state index contributed by atoms with van der Waals surface area (Å²) in [6.45, 7) is 2.71. The summed E-state index contributed by atoms with van der Waals surface area (Å²) in [6, 6.07) is 0. The Hall–Kier alpha value is -1.37. The molecule has 27 heavy (non-hydrogen) atoms. The molecular weight excluding hydrogens is 351 g/mol. The number of carbonyl (C=O) groups excluding carboxylic acids is 2. The molecule has 4 rings (SSSR count). The molecule has 0 amide bonds. The number of halogens is 1. The van der Waals surface area contributed by atoms with Crippen LogP contribution in [0.2, 0.25) is 0 Å². The number of aliphatic hydroxyl groups is 3. The first-order chi connectivity index (χ1) is 12.5. The van der Waals surface area contributed by atoms with Crippen molar-refractivity contribution < 1.29 is 29.3 Å². The quantitative estimate of drug-likeness (QED) is 0.679. The number of hydrogen-bond donors (Lipinski definition) is 3. The molecule has 1 unspecified atom stereocenters. The fraction of sp³-hybridized carbons (Fsp3) is 0.714. The van der Waals surface area contributed by atoms with Gasteiger partial charge in [-0.2, -0.15) is 0 Å². The van der Waals surface area contributed by atoms with Gasteiger partial charge < -0.3 is 15.3 Å². The number of Topliss-reactive ketones (excluding diaryl/α,β-unsaturated/α-hetero) is 1. The Labute approximate surface area is 158 Å². The van der Waals surface area contributed by atoms with Crippen molar-refractivity contribution in [1.29, 1.82) is 0 Å². The van der Waals surface area contributed by atoms with Gasteiger partial charge in [0.05, 0.1) is 6.10 Å². The Morgan fingerprint density at radius 1 is 1.30 bits per heavy atom. The van der Waals surface area contributed by atoms with Gasteiger partial charge in [0.15, 0.2) is 17.2 Å². The maximum atomic E-state index is 16.7. The Bertz CT molecular complexity index is 775. The molecule has 0 spiro atoms. The minimum absolute atomic E-state index is 0.0580. The molecule has 0 aliphatic heterocycles. The lowest BCUT2D eigenvalue weighted by atomic mass is 9.44. The molecule has 3 fully saturated rings. The molecule has 0 saturated heterocycles. The number of allylic oxidation sites excluding steroid dienone is 4. The van der Waals surface area contributed by atoms with E-state index in [2.05, 4.69) is 0 Å². The molecule has 4 aliphatic carbocycles. The van der Waals surface area contributed by atoms with E-state index in [1.54, 1.807) is 19.9 Å². The summed E-state index contributed by atoms with van der Waals surface area (Å²) in [7, 11) is 0. The van der Waals surface area contributed by atoms with Gasteiger partial charge in [0, 0.05) is 16.7 Å². The molecule has 0 aromatic heterocycles. The zero-order chi connectivity index (χ0) is 19.8. The molecule has 6 heteroatoms. The van der Waals surface area contributed by atoms with E-state index in [9.17, 15) is 24.9 Å². The topological polar surface area (TPSA) is 94.8 Å². The molecule has 5 nitrogen and oxygen atoms in total. The number of rotatable bonds is 2. The molecule has 0 radical (unpaired) electrons. The van der Waals surface area contributed by atoms with Gasteiger partial charge in [-0.05, 0) is 57.1 Å².